The van der Waals surface area contributed by atoms with Gasteiger partial charge in [0.1, 0.15) is 12.3 Å². The summed E-state index contributed by atoms with van der Waals surface area (Å²) in [6.07, 6.45) is 0.621. The first-order chi connectivity index (χ1) is 9.93. The first kappa shape index (κ1) is 16.4. The summed E-state index contributed by atoms with van der Waals surface area (Å²) in [4.78, 5) is 33.8. The molecule has 1 amide bonds. The summed E-state index contributed by atoms with van der Waals surface area (Å²) in [5.41, 5.74) is -0.143. The van der Waals surface area contributed by atoms with E-state index in [4.69, 9.17) is 9.84 Å². The van der Waals surface area contributed by atoms with Gasteiger partial charge in [-0.3, -0.25) is 19.7 Å². The van der Waals surface area contributed by atoms with Crippen LogP contribution in [-0.2, 0) is 9.59 Å². The van der Waals surface area contributed by atoms with Gasteiger partial charge in [-0.25, -0.2) is 0 Å². The fourth-order valence-corrected chi connectivity index (χ4v) is 1.65. The van der Waals surface area contributed by atoms with E-state index in [9.17, 15) is 19.7 Å². The van der Waals surface area contributed by atoms with Gasteiger partial charge in [-0.1, -0.05) is 13.0 Å². The maximum absolute atomic E-state index is 11.9. The van der Waals surface area contributed by atoms with E-state index in [1.54, 1.807) is 0 Å². The minimum absolute atomic E-state index is 0.143. The van der Waals surface area contributed by atoms with Crippen LogP contribution in [-0.4, -0.2) is 46.5 Å². The molecule has 8 nitrogen and oxygen atoms in total. The Labute approximate surface area is 121 Å². The van der Waals surface area contributed by atoms with Gasteiger partial charge in [-0.05, 0) is 12.5 Å². The number of non-ortho nitro benzene ring substituents is 1. The highest BCUT2D eigenvalue weighted by Gasteiger charge is 2.16. The van der Waals surface area contributed by atoms with E-state index in [0.29, 0.717) is 13.0 Å². The molecule has 0 heterocycles. The second-order valence-electron chi connectivity index (χ2n) is 4.25. The number of hydrogen-bond donors (Lipinski definition) is 1. The molecule has 0 aliphatic heterocycles. The van der Waals surface area contributed by atoms with Crippen LogP contribution in [0, 0.1) is 10.1 Å². The third-order valence-electron chi connectivity index (χ3n) is 2.56. The van der Waals surface area contributed by atoms with E-state index >= 15 is 0 Å². The summed E-state index contributed by atoms with van der Waals surface area (Å²) in [6.45, 7) is 1.37. The number of nitro benzene ring substituents is 1. The largest absolute Gasteiger partial charge is 0.484 e. The Morgan fingerprint density at radius 3 is 2.71 bits per heavy atom. The first-order valence-corrected chi connectivity index (χ1v) is 6.31. The fourth-order valence-electron chi connectivity index (χ4n) is 1.65. The van der Waals surface area contributed by atoms with Crippen LogP contribution in [0.4, 0.5) is 5.69 Å². The third kappa shape index (κ3) is 5.47. The molecule has 0 aliphatic carbocycles. The summed E-state index contributed by atoms with van der Waals surface area (Å²) in [7, 11) is 0. The average Bonchev–Trinajstić information content (AvgIpc) is 2.44. The smallest absolute Gasteiger partial charge is 0.323 e. The summed E-state index contributed by atoms with van der Waals surface area (Å²) < 4.78 is 5.18. The Bertz CT molecular complexity index is 531. The maximum atomic E-state index is 11.9. The minimum atomic E-state index is -1.10. The Balaban J connectivity index is 2.63. The molecule has 0 atom stereocenters. The van der Waals surface area contributed by atoms with E-state index in [2.05, 4.69) is 0 Å². The van der Waals surface area contributed by atoms with Gasteiger partial charge in [-0.2, -0.15) is 0 Å². The van der Waals surface area contributed by atoms with E-state index in [1.807, 2.05) is 6.92 Å². The lowest BCUT2D eigenvalue weighted by molar-refractivity contribution is -0.384. The molecule has 0 saturated carbocycles. The molecule has 21 heavy (non-hydrogen) atoms. The van der Waals surface area contributed by atoms with E-state index in [0.717, 1.165) is 0 Å². The second-order valence-corrected chi connectivity index (χ2v) is 4.25. The third-order valence-corrected chi connectivity index (χ3v) is 2.56. The molecule has 8 heteroatoms. The van der Waals surface area contributed by atoms with Gasteiger partial charge in [0.05, 0.1) is 11.0 Å². The number of nitrogens with zero attached hydrogens (tertiary/aromatic N) is 2. The Kier molecular flexibility index (Phi) is 6.12. The van der Waals surface area contributed by atoms with Gasteiger partial charge < -0.3 is 14.7 Å². The molecule has 0 unspecified atom stereocenters. The van der Waals surface area contributed by atoms with E-state index in [1.165, 1.54) is 29.2 Å². The zero-order chi connectivity index (χ0) is 15.8. The zero-order valence-corrected chi connectivity index (χ0v) is 11.5. The number of benzene rings is 1. The molecule has 1 aromatic rings. The SMILES string of the molecule is CCCN(CC(=O)O)C(=O)COc1cccc([N+](=O)[O-])c1. The van der Waals surface area contributed by atoms with Crippen molar-refractivity contribution < 1.29 is 24.4 Å². The monoisotopic (exact) mass is 296 g/mol. The van der Waals surface area contributed by atoms with Gasteiger partial charge in [0, 0.05) is 12.6 Å². The van der Waals surface area contributed by atoms with Crippen LogP contribution < -0.4 is 4.74 Å². The number of aliphatic carboxylic acids is 1. The van der Waals surface area contributed by atoms with Crippen molar-refractivity contribution in [3.05, 3.63) is 34.4 Å². The molecule has 0 fully saturated rings. The number of rotatable bonds is 8. The van der Waals surface area contributed by atoms with Crippen molar-refractivity contribution in [3.63, 3.8) is 0 Å². The summed E-state index contributed by atoms with van der Waals surface area (Å²) >= 11 is 0. The molecule has 1 rings (SSSR count). The molecule has 1 N–H and O–H groups in total. The van der Waals surface area contributed by atoms with Crippen molar-refractivity contribution in [1.29, 1.82) is 0 Å². The number of amides is 1. The molecule has 114 valence electrons. The number of carboxylic acid groups (broad SMARTS) is 1. The van der Waals surface area contributed by atoms with Crippen molar-refractivity contribution in [2.24, 2.45) is 0 Å². The lowest BCUT2D eigenvalue weighted by atomic mass is 10.3. The van der Waals surface area contributed by atoms with Gasteiger partial charge in [-0.15, -0.1) is 0 Å². The van der Waals surface area contributed by atoms with Crippen molar-refractivity contribution in [2.45, 2.75) is 13.3 Å². The molecule has 0 saturated heterocycles. The molecular formula is C13H16N2O6. The highest BCUT2D eigenvalue weighted by Crippen LogP contribution is 2.19. The topological polar surface area (TPSA) is 110 Å². The summed E-state index contributed by atoms with van der Waals surface area (Å²) in [5, 5.41) is 19.3. The maximum Gasteiger partial charge on any atom is 0.323 e. The number of nitro groups is 1. The predicted octanol–water partition coefficient (Wildman–Crippen LogP) is 1.30. The Morgan fingerprint density at radius 1 is 1.43 bits per heavy atom. The zero-order valence-electron chi connectivity index (χ0n) is 11.5. The van der Waals surface area contributed by atoms with Crippen LogP contribution in [0.25, 0.3) is 0 Å². The summed E-state index contributed by atoms with van der Waals surface area (Å²) in [6, 6.07) is 5.44. The van der Waals surface area contributed by atoms with Gasteiger partial charge >= 0.3 is 5.97 Å². The Hall–Kier alpha value is -2.64. The van der Waals surface area contributed by atoms with Crippen LogP contribution in [0.1, 0.15) is 13.3 Å². The van der Waals surface area contributed by atoms with Crippen LogP contribution in [0.15, 0.2) is 24.3 Å². The number of carboxylic acids is 1. The molecule has 0 aliphatic rings. The standard InChI is InChI=1S/C13H16N2O6/c1-2-6-14(8-13(17)18)12(16)9-21-11-5-3-4-10(7-11)15(19)20/h3-5,7H,2,6,8-9H2,1H3,(H,17,18). The van der Waals surface area contributed by atoms with E-state index < -0.39 is 23.3 Å². The molecule has 0 radical (unpaired) electrons. The molecule has 1 aromatic carbocycles. The second kappa shape index (κ2) is 7.83. The number of carbonyl (C=O) groups excluding carboxylic acids is 1. The molecule has 0 aromatic heterocycles. The van der Waals surface area contributed by atoms with Crippen LogP contribution >= 0.6 is 0 Å². The van der Waals surface area contributed by atoms with Crippen molar-refractivity contribution in [2.75, 3.05) is 19.7 Å². The molecule has 0 bridgehead atoms. The molecular weight excluding hydrogens is 280 g/mol. The number of hydrogen-bond acceptors (Lipinski definition) is 5. The minimum Gasteiger partial charge on any atom is -0.484 e. The van der Waals surface area contributed by atoms with Crippen molar-refractivity contribution >= 4 is 17.6 Å². The van der Waals surface area contributed by atoms with Gasteiger partial charge in [0.25, 0.3) is 11.6 Å². The van der Waals surface area contributed by atoms with Gasteiger partial charge in [0.2, 0.25) is 0 Å². The van der Waals surface area contributed by atoms with Crippen LogP contribution in [0.2, 0.25) is 0 Å². The van der Waals surface area contributed by atoms with Crippen molar-refractivity contribution in [1.82, 2.24) is 4.90 Å². The van der Waals surface area contributed by atoms with Crippen LogP contribution in [0.3, 0.4) is 0 Å². The lowest BCUT2D eigenvalue weighted by Crippen LogP contribution is -2.39. The lowest BCUT2D eigenvalue weighted by Gasteiger charge is -2.19. The highest BCUT2D eigenvalue weighted by molar-refractivity contribution is 5.82. The number of carbonyl (C=O) groups is 2. The normalized spacial score (nSPS) is 9.95. The molecule has 0 spiro atoms. The first-order valence-electron chi connectivity index (χ1n) is 6.31. The van der Waals surface area contributed by atoms with Crippen LogP contribution in [0.5, 0.6) is 5.75 Å². The average molecular weight is 296 g/mol. The van der Waals surface area contributed by atoms with Gasteiger partial charge in [0.15, 0.2) is 6.61 Å². The fraction of sp³-hybridized carbons (Fsp3) is 0.385. The quantitative estimate of drug-likeness (QED) is 0.572. The Morgan fingerprint density at radius 2 is 2.14 bits per heavy atom. The summed E-state index contributed by atoms with van der Waals surface area (Å²) in [5.74, 6) is -1.40. The number of ether oxygens (including phenoxy) is 1. The predicted molar refractivity (Wildman–Crippen MR) is 73.1 cm³/mol. The van der Waals surface area contributed by atoms with Crippen molar-refractivity contribution in [3.8, 4) is 5.75 Å². The van der Waals surface area contributed by atoms with E-state index in [-0.39, 0.29) is 18.0 Å². The highest BCUT2D eigenvalue weighted by atomic mass is 16.6.